The van der Waals surface area contributed by atoms with Crippen molar-refractivity contribution in [3.63, 3.8) is 0 Å². The fourth-order valence-corrected chi connectivity index (χ4v) is 2.06. The first-order chi connectivity index (χ1) is 9.02. The number of carbonyl (C=O) groups is 1. The second kappa shape index (κ2) is 5.57. The summed E-state index contributed by atoms with van der Waals surface area (Å²) in [6.45, 7) is 0. The SMILES string of the molecule is O=C(O)c1ccc2cc(C(O)C(O)CCl)ccc2c1. The van der Waals surface area contributed by atoms with Gasteiger partial charge in [-0.1, -0.05) is 18.2 Å². The number of rotatable bonds is 4. The van der Waals surface area contributed by atoms with E-state index < -0.39 is 18.2 Å². The van der Waals surface area contributed by atoms with Gasteiger partial charge in [0, 0.05) is 0 Å². The van der Waals surface area contributed by atoms with Crippen LogP contribution >= 0.6 is 11.6 Å². The molecule has 0 saturated carbocycles. The number of carboxylic acids is 1. The monoisotopic (exact) mass is 280 g/mol. The van der Waals surface area contributed by atoms with E-state index in [1.165, 1.54) is 6.07 Å². The molecule has 0 aliphatic heterocycles. The van der Waals surface area contributed by atoms with Crippen molar-refractivity contribution >= 4 is 28.3 Å². The molecule has 2 atom stereocenters. The van der Waals surface area contributed by atoms with E-state index >= 15 is 0 Å². The topological polar surface area (TPSA) is 77.8 Å². The number of fused-ring (bicyclic) bond motifs is 1. The minimum Gasteiger partial charge on any atom is -0.478 e. The molecule has 0 heterocycles. The maximum Gasteiger partial charge on any atom is 0.335 e. The van der Waals surface area contributed by atoms with Gasteiger partial charge in [0.15, 0.2) is 0 Å². The van der Waals surface area contributed by atoms with Crippen molar-refractivity contribution in [2.75, 3.05) is 5.88 Å². The van der Waals surface area contributed by atoms with Crippen molar-refractivity contribution < 1.29 is 20.1 Å². The van der Waals surface area contributed by atoms with Crippen molar-refractivity contribution in [2.24, 2.45) is 0 Å². The normalized spacial score (nSPS) is 14.3. The molecule has 0 bridgehead atoms. The first kappa shape index (κ1) is 13.8. The molecule has 4 nitrogen and oxygen atoms in total. The lowest BCUT2D eigenvalue weighted by atomic mass is 9.99. The fraction of sp³-hybridized carbons (Fsp3) is 0.214. The van der Waals surface area contributed by atoms with E-state index in [1.807, 2.05) is 0 Å². The molecule has 2 aromatic rings. The Morgan fingerprint density at radius 3 is 2.37 bits per heavy atom. The molecule has 2 unspecified atom stereocenters. The van der Waals surface area contributed by atoms with Gasteiger partial charge in [-0.25, -0.2) is 4.79 Å². The molecule has 0 saturated heterocycles. The number of carboxylic acid groups (broad SMARTS) is 1. The van der Waals surface area contributed by atoms with Crippen LogP contribution in [0.4, 0.5) is 0 Å². The molecule has 0 aliphatic rings. The highest BCUT2D eigenvalue weighted by molar-refractivity contribution is 6.18. The predicted molar refractivity (Wildman–Crippen MR) is 72.6 cm³/mol. The minimum absolute atomic E-state index is 0.0584. The lowest BCUT2D eigenvalue weighted by Crippen LogP contribution is -2.19. The highest BCUT2D eigenvalue weighted by Crippen LogP contribution is 2.24. The van der Waals surface area contributed by atoms with Gasteiger partial charge in [0.05, 0.1) is 17.5 Å². The maximum absolute atomic E-state index is 10.9. The zero-order chi connectivity index (χ0) is 14.0. The van der Waals surface area contributed by atoms with Gasteiger partial charge < -0.3 is 15.3 Å². The van der Waals surface area contributed by atoms with Crippen LogP contribution in [0.15, 0.2) is 36.4 Å². The molecular formula is C14H13ClO4. The molecule has 0 aliphatic carbocycles. The summed E-state index contributed by atoms with van der Waals surface area (Å²) < 4.78 is 0. The Labute approximate surface area is 114 Å². The van der Waals surface area contributed by atoms with Gasteiger partial charge in [-0.2, -0.15) is 0 Å². The van der Waals surface area contributed by atoms with Crippen molar-refractivity contribution in [1.29, 1.82) is 0 Å². The van der Waals surface area contributed by atoms with Crippen LogP contribution in [0.25, 0.3) is 10.8 Å². The van der Waals surface area contributed by atoms with Gasteiger partial charge in [0.1, 0.15) is 6.10 Å². The summed E-state index contributed by atoms with van der Waals surface area (Å²) in [7, 11) is 0. The Morgan fingerprint density at radius 1 is 1.11 bits per heavy atom. The molecule has 5 heteroatoms. The van der Waals surface area contributed by atoms with Crippen LogP contribution in [-0.2, 0) is 0 Å². The number of halogens is 1. The molecular weight excluding hydrogens is 268 g/mol. The van der Waals surface area contributed by atoms with Crippen LogP contribution in [0.3, 0.4) is 0 Å². The maximum atomic E-state index is 10.9. The largest absolute Gasteiger partial charge is 0.478 e. The first-order valence-corrected chi connectivity index (χ1v) is 6.25. The summed E-state index contributed by atoms with van der Waals surface area (Å²) in [6, 6.07) is 9.80. The van der Waals surface area contributed by atoms with Gasteiger partial charge in [-0.05, 0) is 34.5 Å². The second-order valence-electron chi connectivity index (χ2n) is 4.29. The molecule has 19 heavy (non-hydrogen) atoms. The molecule has 2 rings (SSSR count). The van der Waals surface area contributed by atoms with Crippen LogP contribution in [0, 0.1) is 0 Å². The van der Waals surface area contributed by atoms with E-state index in [0.29, 0.717) is 5.56 Å². The molecule has 0 aromatic heterocycles. The Balaban J connectivity index is 2.42. The summed E-state index contributed by atoms with van der Waals surface area (Å²) in [4.78, 5) is 10.9. The van der Waals surface area contributed by atoms with Gasteiger partial charge in [-0.3, -0.25) is 0 Å². The third-order valence-corrected chi connectivity index (χ3v) is 3.29. The average molecular weight is 281 g/mol. The van der Waals surface area contributed by atoms with Crippen molar-refractivity contribution in [2.45, 2.75) is 12.2 Å². The summed E-state index contributed by atoms with van der Waals surface area (Å²) in [6.07, 6.45) is -2.08. The standard InChI is InChI=1S/C14H13ClO4/c15-7-12(16)13(17)10-3-1-9-6-11(14(18)19)4-2-8(9)5-10/h1-6,12-13,16-17H,7H2,(H,18,19). The Bertz CT molecular complexity index is 611. The zero-order valence-corrected chi connectivity index (χ0v) is 10.7. The number of aromatic carboxylic acids is 1. The van der Waals surface area contributed by atoms with Crippen LogP contribution < -0.4 is 0 Å². The van der Waals surface area contributed by atoms with Crippen LogP contribution in [0.2, 0.25) is 0 Å². The van der Waals surface area contributed by atoms with E-state index in [4.69, 9.17) is 16.7 Å². The van der Waals surface area contributed by atoms with Crippen molar-refractivity contribution in [1.82, 2.24) is 0 Å². The molecule has 0 amide bonds. The summed E-state index contributed by atoms with van der Waals surface area (Å²) in [5, 5.41) is 29.8. The van der Waals surface area contributed by atoms with E-state index in [9.17, 15) is 15.0 Å². The van der Waals surface area contributed by atoms with E-state index in [-0.39, 0.29) is 11.4 Å². The van der Waals surface area contributed by atoms with Crippen LogP contribution in [-0.4, -0.2) is 33.3 Å². The summed E-state index contributed by atoms with van der Waals surface area (Å²) >= 11 is 5.50. The third-order valence-electron chi connectivity index (χ3n) is 2.98. The second-order valence-corrected chi connectivity index (χ2v) is 4.60. The predicted octanol–water partition coefficient (Wildman–Crippen LogP) is 2.17. The minimum atomic E-state index is -1.05. The summed E-state index contributed by atoms with van der Waals surface area (Å²) in [5.74, 6) is -1.04. The number of alkyl halides is 1. The smallest absolute Gasteiger partial charge is 0.335 e. The zero-order valence-electron chi connectivity index (χ0n) is 9.95. The highest BCUT2D eigenvalue weighted by Gasteiger charge is 2.17. The molecule has 0 fully saturated rings. The van der Waals surface area contributed by atoms with E-state index in [1.54, 1.807) is 30.3 Å². The quantitative estimate of drug-likeness (QED) is 0.750. The average Bonchev–Trinajstić information content (AvgIpc) is 2.44. The number of aliphatic hydroxyl groups excluding tert-OH is 2. The summed E-state index contributed by atoms with van der Waals surface area (Å²) in [5.41, 5.74) is 0.755. The lowest BCUT2D eigenvalue weighted by molar-refractivity contribution is 0.0328. The Kier molecular flexibility index (Phi) is 4.04. The van der Waals surface area contributed by atoms with Gasteiger partial charge in [0.2, 0.25) is 0 Å². The molecule has 0 radical (unpaired) electrons. The molecule has 0 spiro atoms. The Morgan fingerprint density at radius 2 is 1.74 bits per heavy atom. The Hall–Kier alpha value is -1.62. The first-order valence-electron chi connectivity index (χ1n) is 5.72. The lowest BCUT2D eigenvalue weighted by Gasteiger charge is -2.16. The molecule has 100 valence electrons. The number of hydrogen-bond acceptors (Lipinski definition) is 3. The number of benzene rings is 2. The van der Waals surface area contributed by atoms with Gasteiger partial charge in [-0.15, -0.1) is 11.6 Å². The fourth-order valence-electron chi connectivity index (χ4n) is 1.89. The van der Waals surface area contributed by atoms with E-state index in [2.05, 4.69) is 0 Å². The van der Waals surface area contributed by atoms with Crippen LogP contribution in [0.1, 0.15) is 22.0 Å². The van der Waals surface area contributed by atoms with Crippen molar-refractivity contribution in [3.8, 4) is 0 Å². The van der Waals surface area contributed by atoms with Gasteiger partial charge >= 0.3 is 5.97 Å². The number of aliphatic hydroxyl groups is 2. The van der Waals surface area contributed by atoms with E-state index in [0.717, 1.165) is 10.8 Å². The molecule has 2 aromatic carbocycles. The molecule has 3 N–H and O–H groups in total. The van der Waals surface area contributed by atoms with Crippen LogP contribution in [0.5, 0.6) is 0 Å². The third kappa shape index (κ3) is 2.87. The number of hydrogen-bond donors (Lipinski definition) is 3. The highest BCUT2D eigenvalue weighted by atomic mass is 35.5. The van der Waals surface area contributed by atoms with Crippen molar-refractivity contribution in [3.05, 3.63) is 47.5 Å². The van der Waals surface area contributed by atoms with Gasteiger partial charge in [0.25, 0.3) is 0 Å².